The monoisotopic (exact) mass is 346 g/mol. The van der Waals surface area contributed by atoms with Gasteiger partial charge in [-0.3, -0.25) is 14.8 Å². The van der Waals surface area contributed by atoms with Crippen LogP contribution in [0.15, 0.2) is 29.0 Å². The second-order valence-electron chi connectivity index (χ2n) is 6.26. The van der Waals surface area contributed by atoms with Gasteiger partial charge in [-0.05, 0) is 17.5 Å². The topological polar surface area (TPSA) is 59.8 Å². The van der Waals surface area contributed by atoms with Crippen molar-refractivity contribution >= 4 is 33.7 Å². The van der Waals surface area contributed by atoms with Crippen LogP contribution in [0.1, 0.15) is 37.0 Å². The number of aromatic nitrogens is 3. The van der Waals surface area contributed by atoms with Gasteiger partial charge in [0, 0.05) is 17.8 Å². The standard InChI is InChI=1S/C16H18N4OS2/c1-16(2,3)13-8-11(20(4)19-13)14(21)18-15-17-10(9-23-15)12-6-5-7-22-12/h5-9H,1-4H3,(H,17,18,21). The summed E-state index contributed by atoms with van der Waals surface area (Å²) in [5, 5.41) is 11.8. The van der Waals surface area contributed by atoms with E-state index in [2.05, 4.69) is 36.2 Å². The number of nitrogens with zero attached hydrogens (tertiary/aromatic N) is 3. The summed E-state index contributed by atoms with van der Waals surface area (Å²) in [5.74, 6) is -0.192. The van der Waals surface area contributed by atoms with Crippen molar-refractivity contribution in [1.82, 2.24) is 14.8 Å². The zero-order valence-electron chi connectivity index (χ0n) is 13.5. The van der Waals surface area contributed by atoms with E-state index in [0.717, 1.165) is 16.3 Å². The van der Waals surface area contributed by atoms with Crippen LogP contribution >= 0.6 is 22.7 Å². The molecule has 0 aliphatic rings. The number of thiazole rings is 1. The van der Waals surface area contributed by atoms with Crippen LogP contribution in [0.4, 0.5) is 5.13 Å². The number of carbonyl (C=O) groups excluding carboxylic acids is 1. The van der Waals surface area contributed by atoms with E-state index in [4.69, 9.17) is 0 Å². The van der Waals surface area contributed by atoms with Crippen molar-refractivity contribution in [3.8, 4) is 10.6 Å². The molecule has 0 atom stereocenters. The summed E-state index contributed by atoms with van der Waals surface area (Å²) in [6.45, 7) is 6.22. The number of amides is 1. The van der Waals surface area contributed by atoms with Crippen LogP contribution in [-0.4, -0.2) is 20.7 Å². The molecule has 0 radical (unpaired) electrons. The molecule has 5 nitrogen and oxygen atoms in total. The molecule has 3 rings (SSSR count). The average Bonchev–Trinajstić information content (AvgIpc) is 3.15. The molecule has 0 bridgehead atoms. The molecular formula is C16H18N4OS2. The second kappa shape index (κ2) is 5.90. The minimum atomic E-state index is -0.192. The number of thiophene rings is 1. The van der Waals surface area contributed by atoms with E-state index in [-0.39, 0.29) is 11.3 Å². The minimum absolute atomic E-state index is 0.0934. The minimum Gasteiger partial charge on any atom is -0.296 e. The van der Waals surface area contributed by atoms with Gasteiger partial charge in [0.05, 0.1) is 16.3 Å². The molecule has 0 aliphatic carbocycles. The highest BCUT2D eigenvalue weighted by Crippen LogP contribution is 2.28. The number of rotatable bonds is 3. The summed E-state index contributed by atoms with van der Waals surface area (Å²) in [5.41, 5.74) is 2.22. The van der Waals surface area contributed by atoms with E-state index in [1.54, 1.807) is 23.1 Å². The van der Waals surface area contributed by atoms with Gasteiger partial charge in [0.1, 0.15) is 5.69 Å². The van der Waals surface area contributed by atoms with E-state index < -0.39 is 0 Å². The number of hydrogen-bond acceptors (Lipinski definition) is 5. The van der Waals surface area contributed by atoms with Gasteiger partial charge in [-0.25, -0.2) is 4.98 Å². The maximum atomic E-state index is 12.5. The highest BCUT2D eigenvalue weighted by molar-refractivity contribution is 7.16. The van der Waals surface area contributed by atoms with Crippen molar-refractivity contribution in [3.05, 3.63) is 40.3 Å². The molecule has 0 saturated heterocycles. The number of carbonyl (C=O) groups is 1. The van der Waals surface area contributed by atoms with Crippen LogP contribution < -0.4 is 5.32 Å². The van der Waals surface area contributed by atoms with Gasteiger partial charge in [-0.1, -0.05) is 26.8 Å². The van der Waals surface area contributed by atoms with E-state index in [9.17, 15) is 4.79 Å². The first kappa shape index (κ1) is 15.9. The first-order chi connectivity index (χ1) is 10.8. The predicted octanol–water partition coefficient (Wildman–Crippen LogP) is 4.15. The third-order valence-electron chi connectivity index (χ3n) is 3.38. The molecule has 0 fully saturated rings. The van der Waals surface area contributed by atoms with Crippen molar-refractivity contribution in [1.29, 1.82) is 0 Å². The van der Waals surface area contributed by atoms with Gasteiger partial charge >= 0.3 is 0 Å². The van der Waals surface area contributed by atoms with Crippen molar-refractivity contribution in [2.75, 3.05) is 5.32 Å². The largest absolute Gasteiger partial charge is 0.296 e. The number of anilines is 1. The smallest absolute Gasteiger partial charge is 0.275 e. The number of aryl methyl sites for hydroxylation is 1. The fraction of sp³-hybridized carbons (Fsp3) is 0.312. The van der Waals surface area contributed by atoms with Crippen molar-refractivity contribution < 1.29 is 4.79 Å². The molecule has 120 valence electrons. The lowest BCUT2D eigenvalue weighted by Crippen LogP contribution is -2.15. The van der Waals surface area contributed by atoms with Gasteiger partial charge in [-0.2, -0.15) is 5.10 Å². The second-order valence-corrected chi connectivity index (χ2v) is 8.06. The summed E-state index contributed by atoms with van der Waals surface area (Å²) in [6.07, 6.45) is 0. The van der Waals surface area contributed by atoms with Crippen LogP contribution in [0.5, 0.6) is 0 Å². The Kier molecular flexibility index (Phi) is 4.08. The van der Waals surface area contributed by atoms with E-state index >= 15 is 0 Å². The van der Waals surface area contributed by atoms with Crippen molar-refractivity contribution in [3.63, 3.8) is 0 Å². The van der Waals surface area contributed by atoms with E-state index in [1.807, 2.05) is 29.0 Å². The molecule has 1 amide bonds. The van der Waals surface area contributed by atoms with Crippen LogP contribution in [0.2, 0.25) is 0 Å². The van der Waals surface area contributed by atoms with Gasteiger partial charge in [0.15, 0.2) is 5.13 Å². The fourth-order valence-corrected chi connectivity index (χ4v) is 3.54. The third-order valence-corrected chi connectivity index (χ3v) is 5.03. The maximum absolute atomic E-state index is 12.5. The van der Waals surface area contributed by atoms with Crippen LogP contribution in [-0.2, 0) is 12.5 Å². The highest BCUT2D eigenvalue weighted by atomic mass is 32.1. The molecule has 3 aromatic rings. The van der Waals surface area contributed by atoms with Crippen LogP contribution in [0, 0.1) is 0 Å². The molecule has 0 aliphatic heterocycles. The summed E-state index contributed by atoms with van der Waals surface area (Å²) in [4.78, 5) is 18.0. The number of nitrogens with one attached hydrogen (secondary N) is 1. The number of hydrogen-bond donors (Lipinski definition) is 1. The first-order valence-electron chi connectivity index (χ1n) is 7.20. The third kappa shape index (κ3) is 3.35. The van der Waals surface area contributed by atoms with Crippen LogP contribution in [0.25, 0.3) is 10.6 Å². The van der Waals surface area contributed by atoms with Gasteiger partial charge in [-0.15, -0.1) is 22.7 Å². The van der Waals surface area contributed by atoms with E-state index in [1.165, 1.54) is 11.3 Å². The SMILES string of the molecule is Cn1nc(C(C)(C)C)cc1C(=O)Nc1nc(-c2cccs2)cs1. The molecule has 7 heteroatoms. The van der Waals surface area contributed by atoms with Gasteiger partial charge in [0.25, 0.3) is 5.91 Å². The molecule has 0 unspecified atom stereocenters. The Bertz CT molecular complexity index is 825. The summed E-state index contributed by atoms with van der Waals surface area (Å²) < 4.78 is 1.61. The Morgan fingerprint density at radius 2 is 2.09 bits per heavy atom. The van der Waals surface area contributed by atoms with Gasteiger partial charge < -0.3 is 0 Å². The molecule has 23 heavy (non-hydrogen) atoms. The van der Waals surface area contributed by atoms with Crippen molar-refractivity contribution in [2.45, 2.75) is 26.2 Å². The van der Waals surface area contributed by atoms with E-state index in [0.29, 0.717) is 10.8 Å². The summed E-state index contributed by atoms with van der Waals surface area (Å²) >= 11 is 3.05. The van der Waals surface area contributed by atoms with Gasteiger partial charge in [0.2, 0.25) is 0 Å². The highest BCUT2D eigenvalue weighted by Gasteiger charge is 2.22. The molecule has 0 saturated carbocycles. The first-order valence-corrected chi connectivity index (χ1v) is 8.96. The molecule has 0 aromatic carbocycles. The normalized spacial score (nSPS) is 11.7. The van der Waals surface area contributed by atoms with Crippen molar-refractivity contribution in [2.24, 2.45) is 7.05 Å². The Labute approximate surface area is 143 Å². The Morgan fingerprint density at radius 3 is 2.70 bits per heavy atom. The Morgan fingerprint density at radius 1 is 1.30 bits per heavy atom. The average molecular weight is 346 g/mol. The predicted molar refractivity (Wildman–Crippen MR) is 95.3 cm³/mol. The quantitative estimate of drug-likeness (QED) is 0.775. The lowest BCUT2D eigenvalue weighted by atomic mass is 9.92. The Balaban J connectivity index is 1.79. The molecule has 1 N–H and O–H groups in total. The lowest BCUT2D eigenvalue weighted by molar-refractivity contribution is 0.101. The lowest BCUT2D eigenvalue weighted by Gasteiger charge is -2.13. The zero-order valence-corrected chi connectivity index (χ0v) is 15.1. The zero-order chi connectivity index (χ0) is 16.6. The Hall–Kier alpha value is -1.99. The maximum Gasteiger partial charge on any atom is 0.275 e. The molecule has 3 heterocycles. The molecule has 0 spiro atoms. The summed E-state index contributed by atoms with van der Waals surface area (Å²) in [6, 6.07) is 5.84. The fourth-order valence-electron chi connectivity index (χ4n) is 2.08. The molecule has 3 aromatic heterocycles. The van der Waals surface area contributed by atoms with Crippen LogP contribution in [0.3, 0.4) is 0 Å². The summed E-state index contributed by atoms with van der Waals surface area (Å²) in [7, 11) is 1.78. The molecular weight excluding hydrogens is 328 g/mol.